The summed E-state index contributed by atoms with van der Waals surface area (Å²) in [6.45, 7) is 7.48. The van der Waals surface area contributed by atoms with Gasteiger partial charge in [-0.05, 0) is 12.8 Å². The van der Waals surface area contributed by atoms with E-state index in [-0.39, 0.29) is 18.4 Å². The molecule has 2 N–H and O–H groups in total. The molecule has 0 bridgehead atoms. The van der Waals surface area contributed by atoms with Crippen molar-refractivity contribution >= 4 is 12.0 Å². The summed E-state index contributed by atoms with van der Waals surface area (Å²) >= 11 is 0. The van der Waals surface area contributed by atoms with Gasteiger partial charge in [0.25, 0.3) is 0 Å². The van der Waals surface area contributed by atoms with E-state index >= 15 is 0 Å². The Balaban J connectivity index is 4.01. The second kappa shape index (κ2) is 11.5. The zero-order valence-corrected chi connectivity index (χ0v) is 12.7. The van der Waals surface area contributed by atoms with Crippen LogP contribution in [0.1, 0.15) is 20.8 Å². The van der Waals surface area contributed by atoms with Crippen molar-refractivity contribution in [2.75, 3.05) is 40.1 Å². The molecule has 0 heterocycles. The van der Waals surface area contributed by atoms with Crippen molar-refractivity contribution in [1.29, 1.82) is 0 Å². The maximum Gasteiger partial charge on any atom is 0.407 e. The van der Waals surface area contributed by atoms with Crippen LogP contribution in [-0.2, 0) is 19.0 Å². The van der Waals surface area contributed by atoms with E-state index in [0.717, 1.165) is 0 Å². The van der Waals surface area contributed by atoms with Crippen LogP contribution in [0.25, 0.3) is 0 Å². The first-order chi connectivity index (χ1) is 9.52. The highest BCUT2D eigenvalue weighted by atomic mass is 16.5. The van der Waals surface area contributed by atoms with Gasteiger partial charge in [0.05, 0.1) is 26.4 Å². The third-order valence-corrected chi connectivity index (χ3v) is 2.48. The summed E-state index contributed by atoms with van der Waals surface area (Å²) in [5, 5.41) is 5.26. The molecule has 0 rings (SSSR count). The largest absolute Gasteiger partial charge is 0.450 e. The van der Waals surface area contributed by atoms with Gasteiger partial charge in [0.15, 0.2) is 0 Å². The van der Waals surface area contributed by atoms with Crippen LogP contribution < -0.4 is 10.6 Å². The van der Waals surface area contributed by atoms with E-state index in [1.165, 1.54) is 0 Å². The van der Waals surface area contributed by atoms with Gasteiger partial charge in [-0.25, -0.2) is 4.79 Å². The first-order valence-corrected chi connectivity index (χ1v) is 6.80. The summed E-state index contributed by atoms with van der Waals surface area (Å²) in [6, 6.07) is -0.618. The van der Waals surface area contributed by atoms with E-state index in [1.807, 2.05) is 13.8 Å². The highest BCUT2D eigenvalue weighted by Gasteiger charge is 2.24. The Morgan fingerprint density at radius 2 is 1.85 bits per heavy atom. The van der Waals surface area contributed by atoms with Gasteiger partial charge in [-0.1, -0.05) is 13.8 Å². The fraction of sp³-hybridized carbons (Fsp3) is 0.846. The minimum atomic E-state index is -0.618. The summed E-state index contributed by atoms with van der Waals surface area (Å²) in [5.74, 6) is -0.280. The lowest BCUT2D eigenvalue weighted by atomic mass is 10.0. The van der Waals surface area contributed by atoms with Crippen molar-refractivity contribution in [1.82, 2.24) is 10.6 Å². The second-order valence-corrected chi connectivity index (χ2v) is 4.48. The molecule has 0 spiro atoms. The van der Waals surface area contributed by atoms with E-state index in [0.29, 0.717) is 26.4 Å². The van der Waals surface area contributed by atoms with Crippen LogP contribution in [0, 0.1) is 5.92 Å². The van der Waals surface area contributed by atoms with Gasteiger partial charge in [-0.2, -0.15) is 0 Å². The molecular weight excluding hydrogens is 264 g/mol. The molecule has 0 aliphatic rings. The van der Waals surface area contributed by atoms with Gasteiger partial charge < -0.3 is 24.8 Å². The number of carbonyl (C=O) groups is 2. The molecule has 0 fully saturated rings. The van der Waals surface area contributed by atoms with Crippen LogP contribution in [0.5, 0.6) is 0 Å². The topological polar surface area (TPSA) is 85.9 Å². The molecule has 0 aliphatic heterocycles. The van der Waals surface area contributed by atoms with E-state index in [4.69, 9.17) is 14.2 Å². The van der Waals surface area contributed by atoms with Crippen molar-refractivity contribution in [2.24, 2.45) is 5.92 Å². The predicted molar refractivity (Wildman–Crippen MR) is 74.5 cm³/mol. The molecule has 20 heavy (non-hydrogen) atoms. The first-order valence-electron chi connectivity index (χ1n) is 6.80. The molecular formula is C13H26N2O5. The second-order valence-electron chi connectivity index (χ2n) is 4.48. The monoisotopic (exact) mass is 290 g/mol. The first kappa shape index (κ1) is 18.7. The molecule has 0 aliphatic carbocycles. The number of rotatable bonds is 10. The van der Waals surface area contributed by atoms with Crippen LogP contribution >= 0.6 is 0 Å². The number of hydrogen-bond acceptors (Lipinski definition) is 5. The fourth-order valence-corrected chi connectivity index (χ4v) is 1.44. The summed E-state index contributed by atoms with van der Waals surface area (Å²) in [5.41, 5.74) is 0. The number of methoxy groups -OCH3 is 1. The molecule has 1 unspecified atom stereocenters. The van der Waals surface area contributed by atoms with Crippen LogP contribution in [0.2, 0.25) is 0 Å². The van der Waals surface area contributed by atoms with Crippen LogP contribution in [0.15, 0.2) is 0 Å². The lowest BCUT2D eigenvalue weighted by Gasteiger charge is -2.21. The van der Waals surface area contributed by atoms with E-state index in [1.54, 1.807) is 14.0 Å². The van der Waals surface area contributed by atoms with E-state index in [2.05, 4.69) is 10.6 Å². The molecule has 0 radical (unpaired) electrons. The minimum Gasteiger partial charge on any atom is -0.450 e. The third-order valence-electron chi connectivity index (χ3n) is 2.48. The molecule has 0 aromatic rings. The van der Waals surface area contributed by atoms with Crippen molar-refractivity contribution < 1.29 is 23.8 Å². The van der Waals surface area contributed by atoms with Crippen LogP contribution in [0.4, 0.5) is 4.79 Å². The molecule has 1 atom stereocenters. The Hall–Kier alpha value is -1.34. The van der Waals surface area contributed by atoms with Crippen LogP contribution in [0.3, 0.4) is 0 Å². The van der Waals surface area contributed by atoms with Gasteiger partial charge in [-0.3, -0.25) is 4.79 Å². The smallest absolute Gasteiger partial charge is 0.407 e. The Bertz CT molecular complexity index is 284. The highest BCUT2D eigenvalue weighted by Crippen LogP contribution is 2.02. The van der Waals surface area contributed by atoms with Gasteiger partial charge in [0.1, 0.15) is 6.04 Å². The van der Waals surface area contributed by atoms with Gasteiger partial charge in [0, 0.05) is 13.7 Å². The lowest BCUT2D eigenvalue weighted by Crippen LogP contribution is -2.50. The average Bonchev–Trinajstić information content (AvgIpc) is 2.39. The Morgan fingerprint density at radius 1 is 1.15 bits per heavy atom. The average molecular weight is 290 g/mol. The van der Waals surface area contributed by atoms with Gasteiger partial charge >= 0.3 is 6.09 Å². The van der Waals surface area contributed by atoms with Crippen molar-refractivity contribution in [3.63, 3.8) is 0 Å². The molecule has 118 valence electrons. The summed E-state index contributed by atoms with van der Waals surface area (Å²) in [7, 11) is 1.60. The number of nitrogens with one attached hydrogen (secondary N) is 2. The molecule has 2 amide bonds. The van der Waals surface area contributed by atoms with E-state index < -0.39 is 12.1 Å². The van der Waals surface area contributed by atoms with Crippen molar-refractivity contribution in [3.05, 3.63) is 0 Å². The SMILES string of the molecule is CCOC(=O)NC(C(=O)NCCOCCOC)C(C)C. The quantitative estimate of drug-likeness (QED) is 0.573. The molecule has 7 nitrogen and oxygen atoms in total. The molecule has 0 saturated carbocycles. The maximum atomic E-state index is 12.0. The van der Waals surface area contributed by atoms with Gasteiger partial charge in [0.2, 0.25) is 5.91 Å². The molecule has 0 saturated heterocycles. The highest BCUT2D eigenvalue weighted by molar-refractivity contribution is 5.85. The number of carbonyl (C=O) groups excluding carboxylic acids is 2. The molecule has 0 aromatic carbocycles. The Labute approximate surface area is 120 Å². The predicted octanol–water partition coefficient (Wildman–Crippen LogP) is 0.536. The standard InChI is InChI=1S/C13H26N2O5/c1-5-20-13(17)15-11(10(2)3)12(16)14-6-7-19-9-8-18-4/h10-11H,5-9H2,1-4H3,(H,14,16)(H,15,17). The summed E-state index contributed by atoms with van der Waals surface area (Å²) in [4.78, 5) is 23.3. The summed E-state index contributed by atoms with van der Waals surface area (Å²) in [6.07, 6.45) is -0.585. The minimum absolute atomic E-state index is 0.0335. The molecule has 0 aromatic heterocycles. The van der Waals surface area contributed by atoms with E-state index in [9.17, 15) is 9.59 Å². The third kappa shape index (κ3) is 8.71. The number of ether oxygens (including phenoxy) is 3. The number of alkyl carbamates (subject to hydrolysis) is 1. The number of amides is 2. The Kier molecular flexibility index (Phi) is 10.7. The zero-order valence-electron chi connectivity index (χ0n) is 12.7. The van der Waals surface area contributed by atoms with Gasteiger partial charge in [-0.15, -0.1) is 0 Å². The van der Waals surface area contributed by atoms with Crippen molar-refractivity contribution in [2.45, 2.75) is 26.8 Å². The lowest BCUT2D eigenvalue weighted by molar-refractivity contribution is -0.124. The molecule has 7 heteroatoms. The summed E-state index contributed by atoms with van der Waals surface area (Å²) < 4.78 is 14.8. The Morgan fingerprint density at radius 3 is 2.40 bits per heavy atom. The van der Waals surface area contributed by atoms with Crippen LogP contribution in [-0.4, -0.2) is 58.1 Å². The maximum absolute atomic E-state index is 12.0. The van der Waals surface area contributed by atoms with Crippen molar-refractivity contribution in [3.8, 4) is 0 Å². The normalized spacial score (nSPS) is 12.1. The zero-order chi connectivity index (χ0) is 15.4. The number of hydrogen-bond donors (Lipinski definition) is 2. The fourth-order valence-electron chi connectivity index (χ4n) is 1.44.